The van der Waals surface area contributed by atoms with E-state index in [1.54, 1.807) is 18.2 Å². The van der Waals surface area contributed by atoms with Crippen LogP contribution in [0.5, 0.6) is 0 Å². The van der Waals surface area contributed by atoms with E-state index in [0.29, 0.717) is 23.3 Å². The molecule has 23 heavy (non-hydrogen) atoms. The maximum absolute atomic E-state index is 11.3. The number of nitro groups is 1. The highest BCUT2D eigenvalue weighted by Gasteiger charge is 2.17. The SMILES string of the molecule is O=Cc1ccc(-c2ccc(Nc3ccccc3)c([N+](=O)[O-])c2)o1. The van der Waals surface area contributed by atoms with Crippen LogP contribution in [-0.2, 0) is 0 Å². The molecular formula is C17H12N2O4. The number of hydrogen-bond donors (Lipinski definition) is 1. The van der Waals surface area contributed by atoms with Crippen LogP contribution in [0.15, 0.2) is 65.1 Å². The third-order valence-corrected chi connectivity index (χ3v) is 3.27. The lowest BCUT2D eigenvalue weighted by molar-refractivity contribution is -0.383. The molecule has 0 fully saturated rings. The van der Waals surface area contributed by atoms with Gasteiger partial charge in [-0.05, 0) is 36.4 Å². The van der Waals surface area contributed by atoms with E-state index < -0.39 is 4.92 Å². The van der Waals surface area contributed by atoms with Crippen LogP contribution in [0.2, 0.25) is 0 Å². The first-order valence-corrected chi connectivity index (χ1v) is 6.83. The number of hydrogen-bond acceptors (Lipinski definition) is 5. The quantitative estimate of drug-likeness (QED) is 0.428. The summed E-state index contributed by atoms with van der Waals surface area (Å²) in [7, 11) is 0. The lowest BCUT2D eigenvalue weighted by Crippen LogP contribution is -1.97. The van der Waals surface area contributed by atoms with Gasteiger partial charge >= 0.3 is 0 Å². The third-order valence-electron chi connectivity index (χ3n) is 3.27. The summed E-state index contributed by atoms with van der Waals surface area (Å²) in [4.78, 5) is 21.5. The Balaban J connectivity index is 1.98. The Hall–Kier alpha value is -3.41. The second-order valence-electron chi connectivity index (χ2n) is 4.80. The Bertz CT molecular complexity index is 856. The second kappa shape index (κ2) is 6.15. The van der Waals surface area contributed by atoms with Crippen LogP contribution in [0, 0.1) is 10.1 Å². The van der Waals surface area contributed by atoms with Crippen molar-refractivity contribution in [2.45, 2.75) is 0 Å². The van der Waals surface area contributed by atoms with Gasteiger partial charge in [0.15, 0.2) is 12.0 Å². The first-order valence-electron chi connectivity index (χ1n) is 6.83. The molecule has 3 aromatic rings. The van der Waals surface area contributed by atoms with Crippen molar-refractivity contribution in [3.8, 4) is 11.3 Å². The Morgan fingerprint density at radius 2 is 1.83 bits per heavy atom. The van der Waals surface area contributed by atoms with Crippen molar-refractivity contribution in [2.24, 2.45) is 0 Å². The Morgan fingerprint density at radius 1 is 1.04 bits per heavy atom. The molecule has 0 bridgehead atoms. The van der Waals surface area contributed by atoms with Crippen LogP contribution in [0.4, 0.5) is 17.1 Å². The predicted octanol–water partition coefficient (Wildman–Crippen LogP) is 4.41. The first-order chi connectivity index (χ1) is 11.2. The summed E-state index contributed by atoms with van der Waals surface area (Å²) >= 11 is 0. The van der Waals surface area contributed by atoms with Crippen LogP contribution < -0.4 is 5.32 Å². The highest BCUT2D eigenvalue weighted by Crippen LogP contribution is 2.33. The molecule has 0 aliphatic heterocycles. The summed E-state index contributed by atoms with van der Waals surface area (Å²) in [6.45, 7) is 0. The van der Waals surface area contributed by atoms with Gasteiger partial charge in [-0.15, -0.1) is 0 Å². The number of rotatable bonds is 5. The molecule has 0 unspecified atom stereocenters. The van der Waals surface area contributed by atoms with Crippen molar-refractivity contribution in [3.63, 3.8) is 0 Å². The number of carbonyl (C=O) groups excluding carboxylic acids is 1. The van der Waals surface area contributed by atoms with Crippen molar-refractivity contribution in [2.75, 3.05) is 5.32 Å². The van der Waals surface area contributed by atoms with Crippen molar-refractivity contribution >= 4 is 23.3 Å². The lowest BCUT2D eigenvalue weighted by Gasteiger charge is -2.08. The van der Waals surface area contributed by atoms with Crippen LogP contribution in [-0.4, -0.2) is 11.2 Å². The summed E-state index contributed by atoms with van der Waals surface area (Å²) in [5, 5.41) is 14.4. The summed E-state index contributed by atoms with van der Waals surface area (Å²) in [6.07, 6.45) is 0.587. The molecule has 0 radical (unpaired) electrons. The largest absolute Gasteiger partial charge is 0.453 e. The molecule has 1 aromatic heterocycles. The molecule has 0 amide bonds. The van der Waals surface area contributed by atoms with Gasteiger partial charge in [0.1, 0.15) is 11.4 Å². The zero-order valence-corrected chi connectivity index (χ0v) is 11.9. The number of benzene rings is 2. The Kier molecular flexibility index (Phi) is 3.88. The normalized spacial score (nSPS) is 10.3. The third kappa shape index (κ3) is 3.11. The standard InChI is InChI=1S/C17H12N2O4/c20-11-14-7-9-17(23-14)12-6-8-15(16(10-12)19(21)22)18-13-4-2-1-3-5-13/h1-11,18H. The van der Waals surface area contributed by atoms with E-state index in [9.17, 15) is 14.9 Å². The number of aldehydes is 1. The van der Waals surface area contributed by atoms with E-state index in [4.69, 9.17) is 4.42 Å². The van der Waals surface area contributed by atoms with Gasteiger partial charge in [0.05, 0.1) is 4.92 Å². The molecule has 6 heteroatoms. The second-order valence-corrected chi connectivity index (χ2v) is 4.80. The van der Waals surface area contributed by atoms with E-state index in [1.807, 2.05) is 30.3 Å². The molecule has 1 heterocycles. The summed E-state index contributed by atoms with van der Waals surface area (Å²) in [5.74, 6) is 0.579. The van der Waals surface area contributed by atoms with E-state index in [1.165, 1.54) is 12.1 Å². The number of anilines is 2. The average Bonchev–Trinajstić information content (AvgIpc) is 3.05. The average molecular weight is 308 g/mol. The van der Waals surface area contributed by atoms with Gasteiger partial charge in [-0.1, -0.05) is 18.2 Å². The minimum Gasteiger partial charge on any atom is -0.453 e. The predicted molar refractivity (Wildman–Crippen MR) is 85.9 cm³/mol. The molecule has 0 aliphatic rings. The maximum atomic E-state index is 11.3. The molecule has 2 aromatic carbocycles. The van der Waals surface area contributed by atoms with Gasteiger partial charge in [-0.25, -0.2) is 0 Å². The first kappa shape index (κ1) is 14.5. The minimum absolute atomic E-state index is 0.0737. The van der Waals surface area contributed by atoms with Gasteiger partial charge in [-0.2, -0.15) is 0 Å². The van der Waals surface area contributed by atoms with Crippen molar-refractivity contribution < 1.29 is 14.1 Å². The molecular weight excluding hydrogens is 296 g/mol. The Morgan fingerprint density at radius 3 is 2.48 bits per heavy atom. The number of nitro benzene ring substituents is 1. The van der Waals surface area contributed by atoms with Crippen LogP contribution in [0.25, 0.3) is 11.3 Å². The fourth-order valence-electron chi connectivity index (χ4n) is 2.19. The van der Waals surface area contributed by atoms with Gasteiger partial charge < -0.3 is 9.73 Å². The van der Waals surface area contributed by atoms with E-state index in [-0.39, 0.29) is 11.4 Å². The zero-order valence-electron chi connectivity index (χ0n) is 11.9. The van der Waals surface area contributed by atoms with E-state index in [2.05, 4.69) is 5.32 Å². The van der Waals surface area contributed by atoms with Crippen LogP contribution in [0.1, 0.15) is 10.6 Å². The molecule has 0 saturated carbocycles. The molecule has 0 aliphatic carbocycles. The van der Waals surface area contributed by atoms with Crippen molar-refractivity contribution in [1.82, 2.24) is 0 Å². The Labute approximate surface area is 131 Å². The summed E-state index contributed by atoms with van der Waals surface area (Å²) in [6, 6.07) is 17.0. The number of nitrogens with one attached hydrogen (secondary N) is 1. The fraction of sp³-hybridized carbons (Fsp3) is 0. The number of carbonyl (C=O) groups is 1. The van der Waals surface area contributed by atoms with Gasteiger partial charge in [-0.3, -0.25) is 14.9 Å². The molecule has 6 nitrogen and oxygen atoms in total. The molecule has 1 N–H and O–H groups in total. The van der Waals surface area contributed by atoms with Gasteiger partial charge in [0.25, 0.3) is 5.69 Å². The summed E-state index contributed by atoms with van der Waals surface area (Å²) < 4.78 is 5.30. The van der Waals surface area contributed by atoms with E-state index in [0.717, 1.165) is 5.69 Å². The highest BCUT2D eigenvalue weighted by molar-refractivity contribution is 5.77. The number of furan rings is 1. The molecule has 0 spiro atoms. The highest BCUT2D eigenvalue weighted by atomic mass is 16.6. The topological polar surface area (TPSA) is 85.4 Å². The fourth-order valence-corrected chi connectivity index (χ4v) is 2.19. The number of nitrogens with zero attached hydrogens (tertiary/aromatic N) is 1. The molecule has 3 rings (SSSR count). The van der Waals surface area contributed by atoms with Crippen molar-refractivity contribution in [1.29, 1.82) is 0 Å². The van der Waals surface area contributed by atoms with Crippen LogP contribution in [0.3, 0.4) is 0 Å². The lowest BCUT2D eigenvalue weighted by atomic mass is 10.1. The summed E-state index contributed by atoms with van der Waals surface area (Å²) in [5.41, 5.74) is 1.59. The molecule has 114 valence electrons. The van der Waals surface area contributed by atoms with Gasteiger partial charge in [0.2, 0.25) is 0 Å². The smallest absolute Gasteiger partial charge is 0.293 e. The monoisotopic (exact) mass is 308 g/mol. The molecule has 0 atom stereocenters. The number of para-hydroxylation sites is 1. The minimum atomic E-state index is -0.460. The molecule has 0 saturated heterocycles. The van der Waals surface area contributed by atoms with Crippen molar-refractivity contribution in [3.05, 3.63) is 76.5 Å². The van der Waals surface area contributed by atoms with Crippen LogP contribution >= 0.6 is 0 Å². The maximum Gasteiger partial charge on any atom is 0.293 e. The van der Waals surface area contributed by atoms with Gasteiger partial charge in [0, 0.05) is 17.3 Å². The van der Waals surface area contributed by atoms with E-state index >= 15 is 0 Å². The zero-order chi connectivity index (χ0) is 16.2.